The third-order valence-electron chi connectivity index (χ3n) is 7.40. The molecule has 2 aliphatic rings. The number of nitriles is 1. The Morgan fingerprint density at radius 3 is 2.26 bits per heavy atom. The molecule has 1 aliphatic heterocycles. The average Bonchev–Trinajstić information content (AvgIpc) is 2.78. The number of hydrogen-bond donors (Lipinski definition) is 1. The number of ether oxygens (including phenoxy) is 2. The van der Waals surface area contributed by atoms with E-state index in [2.05, 4.69) is 6.07 Å². The highest BCUT2D eigenvalue weighted by atomic mass is 19.1. The molecule has 0 saturated heterocycles. The zero-order valence-corrected chi connectivity index (χ0v) is 21.1. The fraction of sp³-hybridized carbons (Fsp3) is 0.379. The van der Waals surface area contributed by atoms with Crippen LogP contribution in [0.15, 0.2) is 47.1 Å². The normalized spacial score (nSPS) is 19.3. The summed E-state index contributed by atoms with van der Waals surface area (Å²) in [6.07, 6.45) is 0.980. The van der Waals surface area contributed by atoms with Gasteiger partial charge in [0.2, 0.25) is 5.88 Å². The van der Waals surface area contributed by atoms with E-state index in [0.717, 1.165) is 33.4 Å². The quantitative estimate of drug-likeness (QED) is 0.580. The Bertz CT molecular complexity index is 1300. The number of benzene rings is 2. The number of nitrogens with two attached hydrogens (primary N) is 1. The second kappa shape index (κ2) is 8.88. The van der Waals surface area contributed by atoms with Gasteiger partial charge in [-0.1, -0.05) is 13.8 Å². The number of carbonyl (C=O) groups excluding carboxylic acids is 1. The van der Waals surface area contributed by atoms with Gasteiger partial charge in [-0.3, -0.25) is 4.79 Å². The standard InChI is InChI=1S/C29H31FN2O3/c1-15-17(3)25(18(4)16(2)22(15)14-34-20-9-7-19(30)8-10-20)26-21(13-31)28(32)35-24-12-29(5,6)11-23(33)27(24)26/h7-10,26H,11-12,14,32H2,1-6H3/t26-/m0/s1. The summed E-state index contributed by atoms with van der Waals surface area (Å²) in [5.74, 6) is 0.357. The maximum absolute atomic E-state index is 13.4. The number of rotatable bonds is 4. The van der Waals surface area contributed by atoms with Crippen molar-refractivity contribution in [3.63, 3.8) is 0 Å². The van der Waals surface area contributed by atoms with Crippen molar-refractivity contribution in [2.24, 2.45) is 11.1 Å². The topological polar surface area (TPSA) is 85.3 Å². The van der Waals surface area contributed by atoms with Gasteiger partial charge in [-0.2, -0.15) is 5.26 Å². The zero-order chi connectivity index (χ0) is 25.7. The Labute approximate surface area is 206 Å². The third-order valence-corrected chi connectivity index (χ3v) is 7.40. The number of nitrogens with zero attached hydrogens (tertiary/aromatic N) is 1. The van der Waals surface area contributed by atoms with Crippen molar-refractivity contribution >= 4 is 5.78 Å². The van der Waals surface area contributed by atoms with E-state index in [-0.39, 0.29) is 28.5 Å². The number of carbonyl (C=O) groups is 1. The third kappa shape index (κ3) is 4.32. The summed E-state index contributed by atoms with van der Waals surface area (Å²) >= 11 is 0. The van der Waals surface area contributed by atoms with Gasteiger partial charge in [0.15, 0.2) is 5.78 Å². The predicted octanol–water partition coefficient (Wildman–Crippen LogP) is 6.09. The van der Waals surface area contributed by atoms with E-state index in [1.807, 2.05) is 41.5 Å². The molecule has 0 spiro atoms. The van der Waals surface area contributed by atoms with Crippen LogP contribution < -0.4 is 10.5 Å². The van der Waals surface area contributed by atoms with Crippen molar-refractivity contribution in [2.75, 3.05) is 0 Å². The second-order valence-electron chi connectivity index (χ2n) is 10.3. The number of allylic oxidation sites excluding steroid dienone is 3. The molecular formula is C29H31FN2O3. The molecule has 0 radical (unpaired) electrons. The molecule has 0 fully saturated rings. The van der Waals surface area contributed by atoms with Crippen molar-refractivity contribution in [3.05, 3.63) is 86.3 Å². The van der Waals surface area contributed by atoms with Gasteiger partial charge < -0.3 is 15.2 Å². The summed E-state index contributed by atoms with van der Waals surface area (Å²) in [6.45, 7) is 12.5. The molecule has 4 rings (SSSR count). The van der Waals surface area contributed by atoms with Gasteiger partial charge in [-0.25, -0.2) is 4.39 Å². The molecule has 1 aliphatic carbocycles. The summed E-state index contributed by atoms with van der Waals surface area (Å²) in [7, 11) is 0. The van der Waals surface area contributed by atoms with Crippen LogP contribution in [0.5, 0.6) is 5.75 Å². The molecule has 2 aromatic carbocycles. The Balaban J connectivity index is 1.83. The average molecular weight is 475 g/mol. The van der Waals surface area contributed by atoms with Gasteiger partial charge >= 0.3 is 0 Å². The summed E-state index contributed by atoms with van der Waals surface area (Å²) < 4.78 is 25.1. The zero-order valence-electron chi connectivity index (χ0n) is 21.1. The van der Waals surface area contributed by atoms with Crippen molar-refractivity contribution < 1.29 is 18.7 Å². The van der Waals surface area contributed by atoms with Crippen LogP contribution in [-0.4, -0.2) is 5.78 Å². The molecule has 6 heteroatoms. The smallest absolute Gasteiger partial charge is 0.205 e. The first-order valence-corrected chi connectivity index (χ1v) is 11.8. The Hall–Kier alpha value is -3.59. The molecular weight excluding hydrogens is 443 g/mol. The monoisotopic (exact) mass is 474 g/mol. The van der Waals surface area contributed by atoms with E-state index in [9.17, 15) is 14.4 Å². The van der Waals surface area contributed by atoms with E-state index in [1.165, 1.54) is 12.1 Å². The maximum atomic E-state index is 13.4. The van der Waals surface area contributed by atoms with Crippen LogP contribution in [0.1, 0.15) is 66.0 Å². The lowest BCUT2D eigenvalue weighted by Crippen LogP contribution is -2.34. The number of hydrogen-bond acceptors (Lipinski definition) is 5. The van der Waals surface area contributed by atoms with Crippen LogP contribution >= 0.6 is 0 Å². The fourth-order valence-corrected chi connectivity index (χ4v) is 5.33. The highest BCUT2D eigenvalue weighted by Crippen LogP contribution is 2.50. The highest BCUT2D eigenvalue weighted by Gasteiger charge is 2.44. The summed E-state index contributed by atoms with van der Waals surface area (Å²) in [5.41, 5.74) is 12.8. The summed E-state index contributed by atoms with van der Waals surface area (Å²) in [4.78, 5) is 13.4. The van der Waals surface area contributed by atoms with Crippen molar-refractivity contribution in [1.29, 1.82) is 5.26 Å². The van der Waals surface area contributed by atoms with Gasteiger partial charge in [-0.15, -0.1) is 0 Å². The van der Waals surface area contributed by atoms with Crippen LogP contribution in [0, 0.1) is 50.3 Å². The van der Waals surface area contributed by atoms with Gasteiger partial charge in [0, 0.05) is 18.4 Å². The van der Waals surface area contributed by atoms with Gasteiger partial charge in [0.05, 0.1) is 5.92 Å². The maximum Gasteiger partial charge on any atom is 0.205 e. The molecule has 1 heterocycles. The minimum atomic E-state index is -0.559. The van der Waals surface area contributed by atoms with Crippen molar-refractivity contribution in [3.8, 4) is 11.8 Å². The first-order chi connectivity index (χ1) is 16.4. The molecule has 0 unspecified atom stereocenters. The predicted molar refractivity (Wildman–Crippen MR) is 132 cm³/mol. The van der Waals surface area contributed by atoms with E-state index < -0.39 is 5.92 Å². The Kier molecular flexibility index (Phi) is 6.23. The molecule has 182 valence electrons. The highest BCUT2D eigenvalue weighted by molar-refractivity contribution is 6.00. The lowest BCUT2D eigenvalue weighted by Gasteiger charge is -2.38. The number of ketones is 1. The molecule has 35 heavy (non-hydrogen) atoms. The first-order valence-electron chi connectivity index (χ1n) is 11.8. The molecule has 1 atom stereocenters. The van der Waals surface area contributed by atoms with E-state index in [0.29, 0.717) is 36.5 Å². The van der Waals surface area contributed by atoms with Crippen molar-refractivity contribution in [1.82, 2.24) is 0 Å². The number of Topliss-reactive ketones (excluding diaryl/α,β-unsaturated/α-hetero) is 1. The minimum absolute atomic E-state index is 0.000624. The first kappa shape index (κ1) is 24.5. The Morgan fingerprint density at radius 1 is 1.09 bits per heavy atom. The van der Waals surface area contributed by atoms with E-state index in [1.54, 1.807) is 12.1 Å². The van der Waals surface area contributed by atoms with Crippen LogP contribution in [-0.2, 0) is 16.1 Å². The molecule has 2 aromatic rings. The van der Waals surface area contributed by atoms with Crippen molar-refractivity contribution in [2.45, 2.75) is 66.9 Å². The van der Waals surface area contributed by atoms with Gasteiger partial charge in [0.25, 0.3) is 0 Å². The van der Waals surface area contributed by atoms with Crippen LogP contribution in [0.3, 0.4) is 0 Å². The van der Waals surface area contributed by atoms with Gasteiger partial charge in [0.1, 0.15) is 35.6 Å². The van der Waals surface area contributed by atoms with E-state index in [4.69, 9.17) is 15.2 Å². The lowest BCUT2D eigenvalue weighted by molar-refractivity contribution is -0.119. The summed E-state index contributed by atoms with van der Waals surface area (Å²) in [6, 6.07) is 8.17. The Morgan fingerprint density at radius 2 is 1.69 bits per heavy atom. The number of halogens is 1. The van der Waals surface area contributed by atoms with E-state index >= 15 is 0 Å². The second-order valence-corrected chi connectivity index (χ2v) is 10.3. The lowest BCUT2D eigenvalue weighted by atomic mass is 9.68. The minimum Gasteiger partial charge on any atom is -0.489 e. The summed E-state index contributed by atoms with van der Waals surface area (Å²) in [5, 5.41) is 10.0. The van der Waals surface area contributed by atoms with Gasteiger partial charge in [-0.05, 0) is 90.8 Å². The molecule has 0 saturated carbocycles. The fourth-order valence-electron chi connectivity index (χ4n) is 5.33. The molecule has 0 bridgehead atoms. The van der Waals surface area contributed by atoms with Crippen LogP contribution in [0.4, 0.5) is 4.39 Å². The van der Waals surface area contributed by atoms with Crippen LogP contribution in [0.25, 0.3) is 0 Å². The molecule has 0 amide bonds. The SMILES string of the molecule is Cc1c(C)c([C@@H]2C(C#N)=C(N)OC3=C2C(=O)CC(C)(C)C3)c(C)c(C)c1COc1ccc(F)cc1. The molecule has 5 nitrogen and oxygen atoms in total. The molecule has 2 N–H and O–H groups in total. The van der Waals surface area contributed by atoms with Crippen LogP contribution in [0.2, 0.25) is 0 Å². The molecule has 0 aromatic heterocycles. The largest absolute Gasteiger partial charge is 0.489 e.